The topological polar surface area (TPSA) is 92.5 Å². The molecule has 2 aliphatic rings. The highest BCUT2D eigenvalue weighted by molar-refractivity contribution is 6.08. The summed E-state index contributed by atoms with van der Waals surface area (Å²) in [7, 11) is 2.79. The van der Waals surface area contributed by atoms with E-state index in [1.165, 1.54) is 7.11 Å². The third-order valence-corrected chi connectivity index (χ3v) is 5.74. The number of nitrogens with zero attached hydrogens (tertiary/aromatic N) is 3. The van der Waals surface area contributed by atoms with Crippen molar-refractivity contribution in [2.24, 2.45) is 0 Å². The van der Waals surface area contributed by atoms with Gasteiger partial charge in [-0.2, -0.15) is 0 Å². The average molecular weight is 419 g/mol. The zero-order chi connectivity index (χ0) is 21.7. The fourth-order valence-corrected chi connectivity index (χ4v) is 4.19. The van der Waals surface area contributed by atoms with Crippen molar-refractivity contribution < 1.29 is 28.3 Å². The lowest BCUT2D eigenvalue weighted by molar-refractivity contribution is -0.146. The van der Waals surface area contributed by atoms with Crippen LogP contribution in [0.4, 0.5) is 4.79 Å². The van der Waals surface area contributed by atoms with Crippen molar-refractivity contribution in [3.8, 4) is 0 Å². The molecule has 2 fully saturated rings. The summed E-state index contributed by atoms with van der Waals surface area (Å²) in [6.45, 7) is 4.38. The molecular weight excluding hydrogens is 390 g/mol. The maximum Gasteiger partial charge on any atom is 0.328 e. The fraction of sp³-hybridized carbons (Fsp3) is 0.571. The smallest absolute Gasteiger partial charge is 0.328 e. The molecule has 3 amide bonds. The number of rotatable bonds is 8. The zero-order valence-electron chi connectivity index (χ0n) is 17.8. The van der Waals surface area contributed by atoms with Gasteiger partial charge in [-0.25, -0.2) is 4.79 Å². The Kier molecular flexibility index (Phi) is 6.94. The molecule has 3 rings (SSSR count). The molecule has 1 spiro atoms. The molecule has 0 unspecified atom stereocenters. The minimum atomic E-state index is -0.932. The van der Waals surface area contributed by atoms with E-state index in [0.717, 1.165) is 22.8 Å². The number of piperidine rings is 1. The number of methoxy groups -OCH3 is 2. The Morgan fingerprint density at radius 1 is 1.23 bits per heavy atom. The number of hydrogen-bond donors (Lipinski definition) is 0. The van der Waals surface area contributed by atoms with Crippen molar-refractivity contribution in [2.75, 3.05) is 53.6 Å². The van der Waals surface area contributed by atoms with E-state index >= 15 is 0 Å². The molecule has 0 radical (unpaired) electrons. The number of furan rings is 1. The molecule has 3 heterocycles. The van der Waals surface area contributed by atoms with E-state index in [1.807, 2.05) is 25.1 Å². The van der Waals surface area contributed by atoms with Gasteiger partial charge in [-0.1, -0.05) is 5.57 Å². The fourth-order valence-electron chi connectivity index (χ4n) is 4.19. The first-order valence-corrected chi connectivity index (χ1v) is 10.0. The minimum Gasteiger partial charge on any atom is -0.468 e. The first-order chi connectivity index (χ1) is 14.4. The first-order valence-electron chi connectivity index (χ1n) is 10.0. The average Bonchev–Trinajstić information content (AvgIpc) is 3.30. The van der Waals surface area contributed by atoms with Crippen LogP contribution in [0, 0.1) is 0 Å². The zero-order valence-corrected chi connectivity index (χ0v) is 17.8. The van der Waals surface area contributed by atoms with Crippen molar-refractivity contribution in [3.63, 3.8) is 0 Å². The molecule has 2 saturated heterocycles. The predicted molar refractivity (Wildman–Crippen MR) is 108 cm³/mol. The maximum absolute atomic E-state index is 13.2. The van der Waals surface area contributed by atoms with Crippen LogP contribution in [0.3, 0.4) is 0 Å². The summed E-state index contributed by atoms with van der Waals surface area (Å²) >= 11 is 0. The number of ether oxygens (including phenoxy) is 2. The number of hydrogen-bond acceptors (Lipinski definition) is 7. The molecular formula is C21H29N3O6. The summed E-state index contributed by atoms with van der Waals surface area (Å²) in [5.41, 5.74) is 0.219. The summed E-state index contributed by atoms with van der Waals surface area (Å²) in [5.74, 6) is -0.130. The Morgan fingerprint density at radius 3 is 2.57 bits per heavy atom. The number of carbonyl (C=O) groups is 3. The Bertz CT molecular complexity index is 796. The molecule has 1 aromatic heterocycles. The van der Waals surface area contributed by atoms with E-state index in [1.54, 1.807) is 18.3 Å². The van der Waals surface area contributed by atoms with Crippen LogP contribution in [0.15, 0.2) is 28.4 Å². The minimum absolute atomic E-state index is 0.302. The van der Waals surface area contributed by atoms with Gasteiger partial charge in [-0.15, -0.1) is 0 Å². The molecule has 0 atom stereocenters. The monoisotopic (exact) mass is 419 g/mol. The Balaban J connectivity index is 1.71. The highest BCUT2D eigenvalue weighted by atomic mass is 16.5. The van der Waals surface area contributed by atoms with Crippen LogP contribution in [-0.4, -0.2) is 91.7 Å². The van der Waals surface area contributed by atoms with Crippen molar-refractivity contribution in [1.82, 2.24) is 14.7 Å². The number of carbonyl (C=O) groups excluding carboxylic acids is 3. The predicted octanol–water partition coefficient (Wildman–Crippen LogP) is 1.60. The number of esters is 1. The van der Waals surface area contributed by atoms with Gasteiger partial charge in [0.15, 0.2) is 0 Å². The lowest BCUT2D eigenvalue weighted by atomic mass is 9.85. The third-order valence-electron chi connectivity index (χ3n) is 5.74. The van der Waals surface area contributed by atoms with Crippen LogP contribution in [-0.2, 0) is 19.1 Å². The van der Waals surface area contributed by atoms with Gasteiger partial charge < -0.3 is 18.8 Å². The van der Waals surface area contributed by atoms with Gasteiger partial charge in [0.25, 0.3) is 5.91 Å². The summed E-state index contributed by atoms with van der Waals surface area (Å²) in [4.78, 5) is 42.7. The van der Waals surface area contributed by atoms with E-state index < -0.39 is 17.5 Å². The van der Waals surface area contributed by atoms with Gasteiger partial charge in [-0.3, -0.25) is 19.4 Å². The van der Waals surface area contributed by atoms with Gasteiger partial charge in [0.1, 0.15) is 17.8 Å². The van der Waals surface area contributed by atoms with E-state index in [2.05, 4.69) is 9.64 Å². The molecule has 0 N–H and O–H groups in total. The largest absolute Gasteiger partial charge is 0.468 e. The van der Waals surface area contributed by atoms with Gasteiger partial charge in [0, 0.05) is 33.3 Å². The molecule has 9 nitrogen and oxygen atoms in total. The van der Waals surface area contributed by atoms with Crippen LogP contribution >= 0.6 is 0 Å². The first kappa shape index (κ1) is 22.0. The molecule has 0 bridgehead atoms. The van der Waals surface area contributed by atoms with Crippen LogP contribution in [0.25, 0.3) is 6.08 Å². The third kappa shape index (κ3) is 4.41. The van der Waals surface area contributed by atoms with Crippen molar-refractivity contribution in [2.45, 2.75) is 25.3 Å². The van der Waals surface area contributed by atoms with E-state index in [-0.39, 0.29) is 12.5 Å². The Labute approximate surface area is 176 Å². The molecule has 2 aliphatic heterocycles. The lowest BCUT2D eigenvalue weighted by Crippen LogP contribution is -2.57. The van der Waals surface area contributed by atoms with Crippen LogP contribution in [0.2, 0.25) is 0 Å². The molecule has 0 aromatic carbocycles. The normalized spacial score (nSPS) is 19.8. The highest BCUT2D eigenvalue weighted by Gasteiger charge is 2.58. The SMILES string of the molecule is COCCN1C(=O)N(CC(=O)OC)C(=O)C12CCN(CC(C)=Cc1ccco1)CC2. The summed E-state index contributed by atoms with van der Waals surface area (Å²) in [5, 5.41) is 0. The molecule has 0 aliphatic carbocycles. The molecule has 30 heavy (non-hydrogen) atoms. The molecule has 164 valence electrons. The standard InChI is InChI=1S/C21H29N3O6/c1-16(13-17-5-4-11-30-17)14-22-8-6-21(7-9-22)19(26)23(15-18(25)29-3)20(27)24(21)10-12-28-2/h4-5,11,13H,6-10,12,14-15H2,1-3H3. The van der Waals surface area contributed by atoms with Gasteiger partial charge in [0.05, 0.1) is 20.0 Å². The number of amides is 3. The van der Waals surface area contributed by atoms with Crippen molar-refractivity contribution >= 4 is 24.0 Å². The van der Waals surface area contributed by atoms with Crippen LogP contribution in [0.1, 0.15) is 25.5 Å². The molecule has 1 aromatic rings. The quantitative estimate of drug-likeness (QED) is 0.467. The molecule has 0 saturated carbocycles. The van der Waals surface area contributed by atoms with Crippen LogP contribution < -0.4 is 0 Å². The lowest BCUT2D eigenvalue weighted by Gasteiger charge is -2.42. The molecule has 9 heteroatoms. The van der Waals surface area contributed by atoms with Gasteiger partial charge in [-0.05, 0) is 38.0 Å². The summed E-state index contributed by atoms with van der Waals surface area (Å²) < 4.78 is 15.2. The van der Waals surface area contributed by atoms with Crippen molar-refractivity contribution in [1.29, 1.82) is 0 Å². The van der Waals surface area contributed by atoms with E-state index in [9.17, 15) is 14.4 Å². The number of imide groups is 1. The number of likely N-dealkylation sites (tertiary alicyclic amines) is 1. The summed E-state index contributed by atoms with van der Waals surface area (Å²) in [6.07, 6.45) is 4.65. The Hall–Kier alpha value is -2.65. The summed E-state index contributed by atoms with van der Waals surface area (Å²) in [6, 6.07) is 3.30. The number of urea groups is 1. The van der Waals surface area contributed by atoms with E-state index in [4.69, 9.17) is 9.15 Å². The van der Waals surface area contributed by atoms with Gasteiger partial charge in [0.2, 0.25) is 0 Å². The second-order valence-electron chi connectivity index (χ2n) is 7.71. The maximum atomic E-state index is 13.2. The Morgan fingerprint density at radius 2 is 1.97 bits per heavy atom. The van der Waals surface area contributed by atoms with E-state index in [0.29, 0.717) is 39.1 Å². The van der Waals surface area contributed by atoms with Crippen molar-refractivity contribution in [3.05, 3.63) is 29.7 Å². The van der Waals surface area contributed by atoms with Gasteiger partial charge >= 0.3 is 12.0 Å². The highest BCUT2D eigenvalue weighted by Crippen LogP contribution is 2.37. The second-order valence-corrected chi connectivity index (χ2v) is 7.71. The van der Waals surface area contributed by atoms with Crippen LogP contribution in [0.5, 0.6) is 0 Å². The second kappa shape index (κ2) is 9.44.